The van der Waals surface area contributed by atoms with Gasteiger partial charge in [0.15, 0.2) is 0 Å². The Kier molecular flexibility index (Phi) is 6.55. The van der Waals surface area contributed by atoms with Crippen LogP contribution in [0.15, 0.2) is 12.7 Å². The van der Waals surface area contributed by atoms with E-state index in [1.165, 1.54) is 0 Å². The molecular formula is C8H17NO. The van der Waals surface area contributed by atoms with Crippen LogP contribution in [0.3, 0.4) is 0 Å². The molecule has 60 valence electrons. The van der Waals surface area contributed by atoms with Gasteiger partial charge in [-0.05, 0) is 27.1 Å². The molecular weight excluding hydrogens is 126 g/mol. The highest BCUT2D eigenvalue weighted by atomic mass is 16.5. The molecule has 0 aliphatic rings. The Labute approximate surface area is 63.5 Å². The molecule has 0 aromatic heterocycles. The highest BCUT2D eigenvalue weighted by Crippen LogP contribution is 1.84. The van der Waals surface area contributed by atoms with Gasteiger partial charge in [-0.25, -0.2) is 0 Å². The first-order chi connectivity index (χ1) is 4.77. The van der Waals surface area contributed by atoms with Crippen LogP contribution in [0.5, 0.6) is 0 Å². The summed E-state index contributed by atoms with van der Waals surface area (Å²) >= 11 is 0. The molecule has 0 fully saturated rings. The van der Waals surface area contributed by atoms with Crippen molar-refractivity contribution >= 4 is 0 Å². The Morgan fingerprint density at radius 3 is 2.70 bits per heavy atom. The van der Waals surface area contributed by atoms with Gasteiger partial charge in [0.2, 0.25) is 0 Å². The highest BCUT2D eigenvalue weighted by molar-refractivity contribution is 4.63. The van der Waals surface area contributed by atoms with Gasteiger partial charge in [0.05, 0.1) is 6.61 Å². The van der Waals surface area contributed by atoms with Gasteiger partial charge in [-0.15, -0.1) is 6.58 Å². The van der Waals surface area contributed by atoms with Crippen molar-refractivity contribution in [3.63, 3.8) is 0 Å². The van der Waals surface area contributed by atoms with Crippen LogP contribution in [0, 0.1) is 0 Å². The Balaban J connectivity index is 2.83. The molecule has 0 amide bonds. The molecule has 0 heterocycles. The molecule has 0 aliphatic carbocycles. The molecule has 0 unspecified atom stereocenters. The zero-order valence-corrected chi connectivity index (χ0v) is 6.97. The lowest BCUT2D eigenvalue weighted by atomic mass is 10.4. The molecule has 0 bridgehead atoms. The van der Waals surface area contributed by atoms with Crippen LogP contribution in [-0.2, 0) is 4.74 Å². The van der Waals surface area contributed by atoms with Gasteiger partial charge in [0.1, 0.15) is 0 Å². The maximum absolute atomic E-state index is 5.19. The fraction of sp³-hybridized carbons (Fsp3) is 0.750. The predicted octanol–water partition coefficient (Wildman–Crippen LogP) is 1.14. The van der Waals surface area contributed by atoms with Gasteiger partial charge < -0.3 is 9.64 Å². The lowest BCUT2D eigenvalue weighted by Crippen LogP contribution is -2.14. The van der Waals surface area contributed by atoms with E-state index in [-0.39, 0.29) is 0 Å². The molecule has 0 aliphatic heterocycles. The fourth-order valence-electron chi connectivity index (χ4n) is 0.650. The van der Waals surface area contributed by atoms with E-state index in [0.717, 1.165) is 19.6 Å². The smallest absolute Gasteiger partial charge is 0.0644 e. The van der Waals surface area contributed by atoms with Gasteiger partial charge in [-0.3, -0.25) is 0 Å². The molecule has 0 spiro atoms. The van der Waals surface area contributed by atoms with Crippen molar-refractivity contribution in [3.8, 4) is 0 Å². The molecule has 0 saturated heterocycles. The van der Waals surface area contributed by atoms with Crippen molar-refractivity contribution in [2.75, 3.05) is 33.9 Å². The number of nitrogens with zero attached hydrogens (tertiary/aromatic N) is 1. The quantitative estimate of drug-likeness (QED) is 0.408. The van der Waals surface area contributed by atoms with Crippen LogP contribution < -0.4 is 0 Å². The van der Waals surface area contributed by atoms with Gasteiger partial charge >= 0.3 is 0 Å². The minimum atomic E-state index is 0.674. The Hall–Kier alpha value is -0.340. The van der Waals surface area contributed by atoms with Crippen LogP contribution in [0.4, 0.5) is 0 Å². The van der Waals surface area contributed by atoms with Crippen molar-refractivity contribution in [3.05, 3.63) is 12.7 Å². The molecule has 0 saturated carbocycles. The lowest BCUT2D eigenvalue weighted by Gasteiger charge is -2.08. The average molecular weight is 143 g/mol. The summed E-state index contributed by atoms with van der Waals surface area (Å²) in [6.07, 6.45) is 2.87. The minimum absolute atomic E-state index is 0.674. The molecule has 0 N–H and O–H groups in total. The second kappa shape index (κ2) is 6.78. The molecule has 2 heteroatoms. The first-order valence-electron chi connectivity index (χ1n) is 3.60. The summed E-state index contributed by atoms with van der Waals surface area (Å²) in [6.45, 7) is 6.16. The Morgan fingerprint density at radius 2 is 2.20 bits per heavy atom. The second-order valence-corrected chi connectivity index (χ2v) is 2.52. The van der Waals surface area contributed by atoms with Gasteiger partial charge in [0, 0.05) is 6.61 Å². The lowest BCUT2D eigenvalue weighted by molar-refractivity contribution is 0.152. The SMILES string of the molecule is C=CCOCCCN(C)C. The van der Waals surface area contributed by atoms with Crippen molar-refractivity contribution in [2.45, 2.75) is 6.42 Å². The minimum Gasteiger partial charge on any atom is -0.377 e. The average Bonchev–Trinajstić information content (AvgIpc) is 1.87. The third-order valence-corrected chi connectivity index (χ3v) is 1.13. The van der Waals surface area contributed by atoms with E-state index in [9.17, 15) is 0 Å². The van der Waals surface area contributed by atoms with E-state index >= 15 is 0 Å². The third kappa shape index (κ3) is 7.66. The van der Waals surface area contributed by atoms with Crippen LogP contribution in [0.1, 0.15) is 6.42 Å². The number of ether oxygens (including phenoxy) is 1. The van der Waals surface area contributed by atoms with E-state index in [0.29, 0.717) is 6.61 Å². The second-order valence-electron chi connectivity index (χ2n) is 2.52. The molecule has 0 radical (unpaired) electrons. The molecule has 2 nitrogen and oxygen atoms in total. The largest absolute Gasteiger partial charge is 0.377 e. The van der Waals surface area contributed by atoms with Crippen LogP contribution in [0.25, 0.3) is 0 Å². The Bertz CT molecular complexity index is 81.3. The summed E-state index contributed by atoms with van der Waals surface area (Å²) in [7, 11) is 4.13. The van der Waals surface area contributed by atoms with E-state index < -0.39 is 0 Å². The number of hydrogen-bond donors (Lipinski definition) is 0. The first-order valence-corrected chi connectivity index (χ1v) is 3.60. The highest BCUT2D eigenvalue weighted by Gasteiger charge is 1.88. The summed E-state index contributed by atoms with van der Waals surface area (Å²) < 4.78 is 5.19. The first kappa shape index (κ1) is 9.66. The summed E-state index contributed by atoms with van der Waals surface area (Å²) in [5.74, 6) is 0. The predicted molar refractivity (Wildman–Crippen MR) is 44.2 cm³/mol. The zero-order chi connectivity index (χ0) is 7.82. The van der Waals surface area contributed by atoms with Crippen molar-refractivity contribution in [1.29, 1.82) is 0 Å². The van der Waals surface area contributed by atoms with E-state index in [4.69, 9.17) is 4.74 Å². The van der Waals surface area contributed by atoms with E-state index in [1.807, 2.05) is 0 Å². The molecule has 0 aromatic rings. The van der Waals surface area contributed by atoms with Gasteiger partial charge in [-0.1, -0.05) is 6.08 Å². The van der Waals surface area contributed by atoms with E-state index in [1.54, 1.807) is 6.08 Å². The summed E-state index contributed by atoms with van der Waals surface area (Å²) in [4.78, 5) is 2.15. The molecule has 0 rings (SSSR count). The maximum atomic E-state index is 5.19. The van der Waals surface area contributed by atoms with Crippen LogP contribution in [-0.4, -0.2) is 38.8 Å². The summed E-state index contributed by atoms with van der Waals surface area (Å²) in [5.41, 5.74) is 0. The maximum Gasteiger partial charge on any atom is 0.0644 e. The normalized spacial score (nSPS) is 10.3. The van der Waals surface area contributed by atoms with Crippen LogP contribution in [0.2, 0.25) is 0 Å². The molecule has 0 aromatic carbocycles. The van der Waals surface area contributed by atoms with Crippen LogP contribution >= 0.6 is 0 Å². The topological polar surface area (TPSA) is 12.5 Å². The van der Waals surface area contributed by atoms with E-state index in [2.05, 4.69) is 25.6 Å². The Morgan fingerprint density at radius 1 is 1.50 bits per heavy atom. The molecule has 10 heavy (non-hydrogen) atoms. The van der Waals surface area contributed by atoms with Gasteiger partial charge in [0.25, 0.3) is 0 Å². The van der Waals surface area contributed by atoms with Crippen molar-refractivity contribution in [2.24, 2.45) is 0 Å². The number of rotatable bonds is 6. The molecule has 0 atom stereocenters. The third-order valence-electron chi connectivity index (χ3n) is 1.13. The van der Waals surface area contributed by atoms with Crippen molar-refractivity contribution in [1.82, 2.24) is 4.90 Å². The van der Waals surface area contributed by atoms with Gasteiger partial charge in [-0.2, -0.15) is 0 Å². The summed E-state index contributed by atoms with van der Waals surface area (Å²) in [6, 6.07) is 0. The fourth-order valence-corrected chi connectivity index (χ4v) is 0.650. The zero-order valence-electron chi connectivity index (χ0n) is 6.97. The number of hydrogen-bond acceptors (Lipinski definition) is 2. The van der Waals surface area contributed by atoms with Crippen molar-refractivity contribution < 1.29 is 4.74 Å². The summed E-state index contributed by atoms with van der Waals surface area (Å²) in [5, 5.41) is 0. The standard InChI is InChI=1S/C8H17NO/c1-4-7-10-8-5-6-9(2)3/h4H,1,5-8H2,2-3H3. The monoisotopic (exact) mass is 143 g/mol.